The van der Waals surface area contributed by atoms with Gasteiger partial charge in [-0.05, 0) is 38.4 Å². The van der Waals surface area contributed by atoms with Crippen molar-refractivity contribution in [3.05, 3.63) is 30.3 Å². The van der Waals surface area contributed by atoms with Crippen LogP contribution in [0.3, 0.4) is 0 Å². The van der Waals surface area contributed by atoms with E-state index in [2.05, 4.69) is 10.6 Å². The molecule has 1 aromatic carbocycles. The van der Waals surface area contributed by atoms with E-state index in [1.165, 1.54) is 0 Å². The fraction of sp³-hybridized carbons (Fsp3) is 0.500. The molecule has 22 heavy (non-hydrogen) atoms. The molecule has 2 fully saturated rings. The molecule has 3 rings (SSSR count). The maximum Gasteiger partial charge on any atom is 0.249 e. The SMILES string of the molecule is CC1CC(NC(=O)C2CCNC2)C(=O)N1c1ccccc1.Cl. The molecule has 1 aromatic rings. The topological polar surface area (TPSA) is 61.4 Å². The van der Waals surface area contributed by atoms with Gasteiger partial charge in [-0.25, -0.2) is 0 Å². The van der Waals surface area contributed by atoms with E-state index in [9.17, 15) is 9.59 Å². The molecule has 3 unspecified atom stereocenters. The minimum Gasteiger partial charge on any atom is -0.344 e. The first-order valence-electron chi connectivity index (χ1n) is 7.56. The van der Waals surface area contributed by atoms with E-state index in [-0.39, 0.29) is 36.2 Å². The Kier molecular flexibility index (Phi) is 5.42. The molecule has 3 atom stereocenters. The van der Waals surface area contributed by atoms with Crippen molar-refractivity contribution in [2.45, 2.75) is 31.8 Å². The first-order chi connectivity index (χ1) is 10.2. The molecule has 2 aliphatic heterocycles. The zero-order valence-corrected chi connectivity index (χ0v) is 13.4. The predicted molar refractivity (Wildman–Crippen MR) is 88.2 cm³/mol. The fourth-order valence-corrected chi connectivity index (χ4v) is 3.19. The van der Waals surface area contributed by atoms with Crippen LogP contribution in [0.4, 0.5) is 5.69 Å². The van der Waals surface area contributed by atoms with Crippen LogP contribution < -0.4 is 15.5 Å². The largest absolute Gasteiger partial charge is 0.344 e. The number of halogens is 1. The Morgan fingerprint density at radius 3 is 2.68 bits per heavy atom. The minimum atomic E-state index is -0.395. The molecule has 0 aromatic heterocycles. The van der Waals surface area contributed by atoms with Gasteiger partial charge >= 0.3 is 0 Å². The molecule has 2 aliphatic rings. The fourth-order valence-electron chi connectivity index (χ4n) is 3.19. The smallest absolute Gasteiger partial charge is 0.249 e. The van der Waals surface area contributed by atoms with Gasteiger partial charge < -0.3 is 15.5 Å². The minimum absolute atomic E-state index is 0. The number of nitrogens with one attached hydrogen (secondary N) is 2. The van der Waals surface area contributed by atoms with Crippen molar-refractivity contribution in [2.24, 2.45) is 5.92 Å². The van der Waals surface area contributed by atoms with Crippen LogP contribution in [0.1, 0.15) is 19.8 Å². The second kappa shape index (κ2) is 7.11. The van der Waals surface area contributed by atoms with E-state index in [0.29, 0.717) is 13.0 Å². The molecule has 2 saturated heterocycles. The zero-order valence-electron chi connectivity index (χ0n) is 12.6. The third-order valence-corrected chi connectivity index (χ3v) is 4.34. The lowest BCUT2D eigenvalue weighted by atomic mass is 10.1. The van der Waals surface area contributed by atoms with Gasteiger partial charge in [-0.1, -0.05) is 18.2 Å². The van der Waals surface area contributed by atoms with E-state index in [1.54, 1.807) is 4.90 Å². The number of amides is 2. The number of nitrogens with zero attached hydrogens (tertiary/aromatic N) is 1. The highest BCUT2D eigenvalue weighted by Crippen LogP contribution is 2.26. The number of benzene rings is 1. The molecule has 0 radical (unpaired) electrons. The van der Waals surface area contributed by atoms with E-state index in [4.69, 9.17) is 0 Å². The molecular formula is C16H22ClN3O2. The summed E-state index contributed by atoms with van der Waals surface area (Å²) in [5.74, 6) is -0.00708. The first kappa shape index (κ1) is 16.8. The van der Waals surface area contributed by atoms with E-state index in [1.807, 2.05) is 37.3 Å². The Labute approximate surface area is 136 Å². The van der Waals surface area contributed by atoms with Gasteiger partial charge in [-0.3, -0.25) is 9.59 Å². The highest BCUT2D eigenvalue weighted by atomic mass is 35.5. The van der Waals surface area contributed by atoms with Gasteiger partial charge in [0.15, 0.2) is 0 Å². The second-order valence-corrected chi connectivity index (χ2v) is 5.88. The summed E-state index contributed by atoms with van der Waals surface area (Å²) in [5.41, 5.74) is 0.897. The van der Waals surface area contributed by atoms with Gasteiger partial charge in [0.25, 0.3) is 0 Å². The van der Waals surface area contributed by atoms with Crippen LogP contribution in [0.25, 0.3) is 0 Å². The van der Waals surface area contributed by atoms with Crippen LogP contribution in [0, 0.1) is 5.92 Å². The van der Waals surface area contributed by atoms with E-state index in [0.717, 1.165) is 18.7 Å². The summed E-state index contributed by atoms with van der Waals surface area (Å²) < 4.78 is 0. The molecule has 5 nitrogen and oxygen atoms in total. The Hall–Kier alpha value is -1.59. The molecule has 2 amide bonds. The van der Waals surface area contributed by atoms with Crippen molar-refractivity contribution in [1.82, 2.24) is 10.6 Å². The second-order valence-electron chi connectivity index (χ2n) is 5.88. The third kappa shape index (κ3) is 3.25. The monoisotopic (exact) mass is 323 g/mol. The highest BCUT2D eigenvalue weighted by Gasteiger charge is 2.39. The Morgan fingerprint density at radius 2 is 2.05 bits per heavy atom. The van der Waals surface area contributed by atoms with Gasteiger partial charge in [0.05, 0.1) is 5.92 Å². The van der Waals surface area contributed by atoms with Crippen LogP contribution in [0.15, 0.2) is 30.3 Å². The number of rotatable bonds is 3. The van der Waals surface area contributed by atoms with Crippen molar-refractivity contribution >= 4 is 29.9 Å². The van der Waals surface area contributed by atoms with Crippen molar-refractivity contribution < 1.29 is 9.59 Å². The summed E-state index contributed by atoms with van der Waals surface area (Å²) >= 11 is 0. The highest BCUT2D eigenvalue weighted by molar-refractivity contribution is 6.02. The molecule has 120 valence electrons. The first-order valence-corrected chi connectivity index (χ1v) is 7.56. The van der Waals surface area contributed by atoms with Crippen LogP contribution in [0.2, 0.25) is 0 Å². The van der Waals surface area contributed by atoms with Crippen molar-refractivity contribution in [3.8, 4) is 0 Å². The molecule has 0 spiro atoms. The van der Waals surface area contributed by atoms with Gasteiger partial charge in [0.2, 0.25) is 11.8 Å². The van der Waals surface area contributed by atoms with Crippen molar-refractivity contribution in [2.75, 3.05) is 18.0 Å². The van der Waals surface area contributed by atoms with Crippen molar-refractivity contribution in [3.63, 3.8) is 0 Å². The quantitative estimate of drug-likeness (QED) is 0.882. The van der Waals surface area contributed by atoms with Crippen LogP contribution in [0.5, 0.6) is 0 Å². The maximum atomic E-state index is 12.6. The van der Waals surface area contributed by atoms with E-state index < -0.39 is 6.04 Å². The van der Waals surface area contributed by atoms with Gasteiger partial charge in [0.1, 0.15) is 6.04 Å². The lowest BCUT2D eigenvalue weighted by molar-refractivity contribution is -0.128. The number of para-hydroxylation sites is 1. The number of carbonyl (C=O) groups is 2. The van der Waals surface area contributed by atoms with Gasteiger partial charge in [0, 0.05) is 18.3 Å². The Bertz CT molecular complexity index is 531. The summed E-state index contributed by atoms with van der Waals surface area (Å²) in [6.07, 6.45) is 1.52. The lowest BCUT2D eigenvalue weighted by Gasteiger charge is -2.21. The normalized spacial score (nSPS) is 27.6. The maximum absolute atomic E-state index is 12.6. The summed E-state index contributed by atoms with van der Waals surface area (Å²) in [6.45, 7) is 3.61. The van der Waals surface area contributed by atoms with Gasteiger partial charge in [-0.2, -0.15) is 0 Å². The molecule has 0 saturated carbocycles. The standard InChI is InChI=1S/C16H21N3O2.ClH/c1-11-9-14(18-15(20)12-7-8-17-10-12)16(21)19(11)13-5-3-2-4-6-13;/h2-6,11-12,14,17H,7-10H2,1H3,(H,18,20);1H. The average Bonchev–Trinajstić information content (AvgIpc) is 3.09. The zero-order chi connectivity index (χ0) is 14.8. The van der Waals surface area contributed by atoms with Crippen LogP contribution in [-0.4, -0.2) is 37.0 Å². The summed E-state index contributed by atoms with van der Waals surface area (Å²) in [4.78, 5) is 26.5. The Balaban J connectivity index is 0.00000176. The molecule has 2 N–H and O–H groups in total. The third-order valence-electron chi connectivity index (χ3n) is 4.34. The lowest BCUT2D eigenvalue weighted by Crippen LogP contribution is -2.44. The predicted octanol–water partition coefficient (Wildman–Crippen LogP) is 1.33. The summed E-state index contributed by atoms with van der Waals surface area (Å²) in [6, 6.07) is 9.34. The number of anilines is 1. The summed E-state index contributed by atoms with van der Waals surface area (Å²) in [7, 11) is 0. The van der Waals surface area contributed by atoms with Crippen LogP contribution in [-0.2, 0) is 9.59 Å². The van der Waals surface area contributed by atoms with E-state index >= 15 is 0 Å². The molecule has 0 bridgehead atoms. The number of hydrogen-bond donors (Lipinski definition) is 2. The molecular weight excluding hydrogens is 302 g/mol. The van der Waals surface area contributed by atoms with Crippen molar-refractivity contribution in [1.29, 1.82) is 0 Å². The number of carbonyl (C=O) groups excluding carboxylic acids is 2. The molecule has 2 heterocycles. The molecule has 6 heteroatoms. The number of hydrogen-bond acceptors (Lipinski definition) is 3. The average molecular weight is 324 g/mol. The Morgan fingerprint density at radius 1 is 1.32 bits per heavy atom. The summed E-state index contributed by atoms with van der Waals surface area (Å²) in [5, 5.41) is 6.11. The van der Waals surface area contributed by atoms with Gasteiger partial charge in [-0.15, -0.1) is 12.4 Å². The van der Waals surface area contributed by atoms with Crippen LogP contribution >= 0.6 is 12.4 Å². The molecule has 0 aliphatic carbocycles.